The fraction of sp³-hybridized carbons (Fsp3) is 0.348. The van der Waals surface area contributed by atoms with Crippen molar-refractivity contribution in [2.75, 3.05) is 26.4 Å². The smallest absolute Gasteiger partial charge is 0.234 e. The molecule has 1 saturated heterocycles. The zero-order valence-corrected chi connectivity index (χ0v) is 17.2. The molecule has 8 nitrogen and oxygen atoms in total. The zero-order chi connectivity index (χ0) is 21.8. The van der Waals surface area contributed by atoms with Gasteiger partial charge in [0, 0.05) is 30.8 Å². The van der Waals surface area contributed by atoms with Gasteiger partial charge in [-0.25, -0.2) is 0 Å². The van der Waals surface area contributed by atoms with Gasteiger partial charge in [0.05, 0.1) is 25.4 Å². The van der Waals surface area contributed by atoms with Crippen molar-refractivity contribution < 1.29 is 28.3 Å². The molecule has 2 aromatic carbocycles. The van der Waals surface area contributed by atoms with E-state index >= 15 is 0 Å². The van der Waals surface area contributed by atoms with Crippen LogP contribution in [0.3, 0.4) is 0 Å². The van der Waals surface area contributed by atoms with Gasteiger partial charge >= 0.3 is 0 Å². The molecule has 0 saturated carbocycles. The number of fused-ring (bicyclic) bond motifs is 3. The van der Waals surface area contributed by atoms with Crippen LogP contribution in [0, 0.1) is 0 Å². The van der Waals surface area contributed by atoms with E-state index in [0.717, 1.165) is 21.7 Å². The Morgan fingerprint density at radius 3 is 2.87 bits per heavy atom. The summed E-state index contributed by atoms with van der Waals surface area (Å²) >= 11 is 0. The summed E-state index contributed by atoms with van der Waals surface area (Å²) in [7, 11) is 0. The Labute approximate surface area is 178 Å². The molecule has 1 aromatic heterocycles. The molecular formula is C23H24N2O6. The number of imide groups is 1. The van der Waals surface area contributed by atoms with Crippen LogP contribution in [0.1, 0.15) is 31.2 Å². The lowest BCUT2D eigenvalue weighted by molar-refractivity contribution is -0.134. The maximum atomic E-state index is 12.4. The number of hydrogen-bond acceptors (Lipinski definition) is 6. The topological polar surface area (TPSA) is 107 Å². The van der Waals surface area contributed by atoms with E-state index in [1.807, 2.05) is 30.3 Å². The van der Waals surface area contributed by atoms with Crippen molar-refractivity contribution in [1.82, 2.24) is 10.6 Å². The predicted molar refractivity (Wildman–Crippen MR) is 114 cm³/mol. The molecule has 31 heavy (non-hydrogen) atoms. The van der Waals surface area contributed by atoms with E-state index in [-0.39, 0.29) is 17.7 Å². The Bertz CT molecular complexity index is 1140. The third-order valence-electron chi connectivity index (χ3n) is 5.29. The second kappa shape index (κ2) is 9.18. The molecule has 2 heterocycles. The number of amides is 3. The number of furan rings is 1. The fourth-order valence-electron chi connectivity index (χ4n) is 3.83. The van der Waals surface area contributed by atoms with Crippen molar-refractivity contribution in [3.8, 4) is 5.75 Å². The summed E-state index contributed by atoms with van der Waals surface area (Å²) in [5, 5.41) is 7.90. The monoisotopic (exact) mass is 424 g/mol. The standard InChI is InChI=1S/C23H24N2O6/c1-14(26)24-8-9-29-10-11-30-16-3-4-17-15(12-16)2-6-20-22(17)19(13-31-20)18-5-7-21(27)25-23(18)28/h2-4,6,12-13,18H,5,7-11H2,1H3,(H,24,26)(H,25,27,28). The Hall–Kier alpha value is -3.39. The van der Waals surface area contributed by atoms with Crippen LogP contribution in [-0.4, -0.2) is 44.1 Å². The quantitative estimate of drug-likeness (QED) is 0.425. The van der Waals surface area contributed by atoms with Crippen molar-refractivity contribution in [2.45, 2.75) is 25.7 Å². The second-order valence-corrected chi connectivity index (χ2v) is 7.46. The molecular weight excluding hydrogens is 400 g/mol. The summed E-state index contributed by atoms with van der Waals surface area (Å²) < 4.78 is 16.9. The molecule has 3 aromatic rings. The summed E-state index contributed by atoms with van der Waals surface area (Å²) in [6.45, 7) is 3.18. The summed E-state index contributed by atoms with van der Waals surface area (Å²) in [4.78, 5) is 34.6. The third-order valence-corrected chi connectivity index (χ3v) is 5.29. The summed E-state index contributed by atoms with van der Waals surface area (Å²) in [5.41, 5.74) is 1.50. The van der Waals surface area contributed by atoms with E-state index < -0.39 is 5.92 Å². The zero-order valence-electron chi connectivity index (χ0n) is 17.2. The third kappa shape index (κ3) is 4.69. The molecule has 1 aliphatic heterocycles. The number of piperidine rings is 1. The van der Waals surface area contributed by atoms with E-state index in [4.69, 9.17) is 13.9 Å². The van der Waals surface area contributed by atoms with E-state index in [9.17, 15) is 14.4 Å². The first-order valence-corrected chi connectivity index (χ1v) is 10.3. The van der Waals surface area contributed by atoms with Gasteiger partial charge in [-0.2, -0.15) is 0 Å². The Morgan fingerprint density at radius 1 is 1.19 bits per heavy atom. The molecule has 8 heteroatoms. The highest BCUT2D eigenvalue weighted by molar-refractivity contribution is 6.10. The van der Waals surface area contributed by atoms with Crippen LogP contribution in [0.4, 0.5) is 0 Å². The predicted octanol–water partition coefficient (Wildman–Crippen LogP) is 2.64. The number of ether oxygens (including phenoxy) is 2. The molecule has 4 rings (SSSR count). The Morgan fingerprint density at radius 2 is 2.06 bits per heavy atom. The maximum Gasteiger partial charge on any atom is 0.234 e. The summed E-state index contributed by atoms with van der Waals surface area (Å²) in [5.74, 6) is -0.295. The molecule has 1 atom stereocenters. The molecule has 1 aliphatic rings. The second-order valence-electron chi connectivity index (χ2n) is 7.46. The van der Waals surface area contributed by atoms with Crippen molar-refractivity contribution >= 4 is 39.5 Å². The van der Waals surface area contributed by atoms with E-state index in [0.29, 0.717) is 50.5 Å². The number of carbonyl (C=O) groups excluding carboxylic acids is 3. The van der Waals surface area contributed by atoms with Crippen molar-refractivity contribution in [3.63, 3.8) is 0 Å². The lowest BCUT2D eigenvalue weighted by Gasteiger charge is -2.20. The van der Waals surface area contributed by atoms with Gasteiger partial charge in [0.2, 0.25) is 17.7 Å². The first kappa shape index (κ1) is 20.9. The number of hydrogen-bond donors (Lipinski definition) is 2. The highest BCUT2D eigenvalue weighted by Crippen LogP contribution is 2.37. The number of benzene rings is 2. The fourth-order valence-corrected chi connectivity index (χ4v) is 3.83. The molecule has 1 unspecified atom stereocenters. The van der Waals surface area contributed by atoms with Crippen LogP contribution < -0.4 is 15.4 Å². The first-order chi connectivity index (χ1) is 15.0. The minimum absolute atomic E-state index is 0.0801. The van der Waals surface area contributed by atoms with Crippen LogP contribution in [0.2, 0.25) is 0 Å². The Balaban J connectivity index is 1.47. The molecule has 0 radical (unpaired) electrons. The lowest BCUT2D eigenvalue weighted by atomic mass is 9.89. The van der Waals surface area contributed by atoms with Crippen LogP contribution in [0.25, 0.3) is 21.7 Å². The Kier molecular flexibility index (Phi) is 6.18. The largest absolute Gasteiger partial charge is 0.491 e. The molecule has 3 amide bonds. The molecule has 0 spiro atoms. The lowest BCUT2D eigenvalue weighted by Crippen LogP contribution is -2.39. The van der Waals surface area contributed by atoms with Crippen LogP contribution in [0.15, 0.2) is 41.0 Å². The minimum atomic E-state index is -0.407. The van der Waals surface area contributed by atoms with E-state index in [2.05, 4.69) is 10.6 Å². The van der Waals surface area contributed by atoms with Gasteiger partial charge in [0.1, 0.15) is 17.9 Å². The average molecular weight is 424 g/mol. The van der Waals surface area contributed by atoms with Gasteiger partial charge in [0.15, 0.2) is 0 Å². The van der Waals surface area contributed by atoms with E-state index in [1.165, 1.54) is 6.92 Å². The van der Waals surface area contributed by atoms with E-state index in [1.54, 1.807) is 6.26 Å². The maximum absolute atomic E-state index is 12.4. The SMILES string of the molecule is CC(=O)NCCOCCOc1ccc2c(ccc3occ(C4CCC(=O)NC4=O)c32)c1. The van der Waals surface area contributed by atoms with Crippen molar-refractivity contribution in [2.24, 2.45) is 0 Å². The number of nitrogens with one attached hydrogen (secondary N) is 2. The molecule has 0 aliphatic carbocycles. The van der Waals surface area contributed by atoms with Gasteiger partial charge in [-0.05, 0) is 41.5 Å². The average Bonchev–Trinajstić information content (AvgIpc) is 3.17. The van der Waals surface area contributed by atoms with Crippen LogP contribution >= 0.6 is 0 Å². The van der Waals surface area contributed by atoms with Gasteiger partial charge in [0.25, 0.3) is 0 Å². The molecule has 1 fully saturated rings. The molecule has 2 N–H and O–H groups in total. The van der Waals surface area contributed by atoms with Gasteiger partial charge in [-0.3, -0.25) is 19.7 Å². The van der Waals surface area contributed by atoms with Gasteiger partial charge < -0.3 is 19.2 Å². The normalized spacial score (nSPS) is 16.5. The summed E-state index contributed by atoms with van der Waals surface area (Å²) in [6, 6.07) is 9.59. The van der Waals surface area contributed by atoms with Gasteiger partial charge in [-0.1, -0.05) is 6.07 Å². The molecule has 0 bridgehead atoms. The molecule has 162 valence electrons. The van der Waals surface area contributed by atoms with Crippen LogP contribution in [-0.2, 0) is 19.1 Å². The number of carbonyl (C=O) groups is 3. The van der Waals surface area contributed by atoms with Crippen molar-refractivity contribution in [1.29, 1.82) is 0 Å². The highest BCUT2D eigenvalue weighted by Gasteiger charge is 2.30. The summed E-state index contributed by atoms with van der Waals surface area (Å²) in [6.07, 6.45) is 2.41. The van der Waals surface area contributed by atoms with Crippen LogP contribution in [0.5, 0.6) is 5.75 Å². The first-order valence-electron chi connectivity index (χ1n) is 10.3. The van der Waals surface area contributed by atoms with Crippen molar-refractivity contribution in [3.05, 3.63) is 42.2 Å². The minimum Gasteiger partial charge on any atom is -0.491 e. The van der Waals surface area contributed by atoms with Gasteiger partial charge in [-0.15, -0.1) is 0 Å². The highest BCUT2D eigenvalue weighted by atomic mass is 16.5. The number of rotatable bonds is 8.